The van der Waals surface area contributed by atoms with Gasteiger partial charge in [0.25, 0.3) is 0 Å². The molecule has 0 aliphatic heterocycles. The smallest absolute Gasteiger partial charge is 0.326 e. The van der Waals surface area contributed by atoms with Crippen molar-refractivity contribution in [1.82, 2.24) is 4.44 Å². The van der Waals surface area contributed by atoms with Crippen LogP contribution in [0.5, 0.6) is 0 Å². The zero-order chi connectivity index (χ0) is 15.3. The van der Waals surface area contributed by atoms with E-state index in [4.69, 9.17) is 0 Å². The van der Waals surface area contributed by atoms with Crippen LogP contribution in [0.3, 0.4) is 0 Å². The molecule has 0 amide bonds. The Morgan fingerprint density at radius 3 is 2.00 bits per heavy atom. The van der Waals surface area contributed by atoms with Crippen LogP contribution in [-0.2, 0) is 15.7 Å². The monoisotopic (exact) mass is 321 g/mol. The molecule has 1 rings (SSSR count). The second kappa shape index (κ2) is 14.4. The predicted octanol–water partition coefficient (Wildman–Crippen LogP) is 3.87. The van der Waals surface area contributed by atoms with Crippen LogP contribution in [0.15, 0.2) is 30.3 Å². The minimum absolute atomic E-state index is 0.270. The van der Waals surface area contributed by atoms with Gasteiger partial charge in [0, 0.05) is 0 Å². The molecule has 19 heavy (non-hydrogen) atoms. The molecule has 1 aromatic carbocycles. The van der Waals surface area contributed by atoms with Crippen molar-refractivity contribution in [3.05, 3.63) is 35.9 Å². The topological polar surface area (TPSA) is 29.5 Å². The van der Waals surface area contributed by atoms with E-state index in [0.29, 0.717) is 6.42 Å². The van der Waals surface area contributed by atoms with E-state index in [1.165, 1.54) is 0 Å². The van der Waals surface area contributed by atoms with Crippen molar-refractivity contribution >= 4 is 34.2 Å². The third-order valence-electron chi connectivity index (χ3n) is 2.02. The fourth-order valence-electron chi connectivity index (χ4n) is 1.23. The number of hydrogen-bond donors (Lipinski definition) is 0. The molecule has 0 aliphatic rings. The van der Waals surface area contributed by atoms with Gasteiger partial charge in [-0.05, 0) is 12.0 Å². The largest absolute Gasteiger partial charge is 0.450 e. The van der Waals surface area contributed by atoms with Crippen molar-refractivity contribution in [2.75, 3.05) is 0 Å². The third-order valence-corrected chi connectivity index (χ3v) is 2.97. The normalized spacial score (nSPS) is 10.5. The van der Waals surface area contributed by atoms with Crippen molar-refractivity contribution in [3.8, 4) is 0 Å². The molecule has 0 aromatic heterocycles. The Bertz CT molecular complexity index is 321. The second-order valence-corrected chi connectivity index (χ2v) is 5.11. The van der Waals surface area contributed by atoms with Crippen molar-refractivity contribution in [1.29, 1.82) is 0 Å². The summed E-state index contributed by atoms with van der Waals surface area (Å²) in [6.07, 6.45) is 0.626. The quantitative estimate of drug-likeness (QED) is 0.789. The molecule has 0 fully saturated rings. The predicted molar refractivity (Wildman–Crippen MR) is 93.7 cm³/mol. The number of hydrogen-bond acceptors (Lipinski definition) is 3. The molecule has 1 aromatic rings. The molecule has 0 aliphatic carbocycles. The number of nitrogens with zero attached hydrogens (tertiary/aromatic N) is 1. The molecule has 4 atom stereocenters. The van der Waals surface area contributed by atoms with Crippen molar-refractivity contribution < 1.29 is 9.32 Å². The molecule has 0 N–H and O–H groups in total. The lowest BCUT2D eigenvalue weighted by Crippen LogP contribution is -2.31. The van der Waals surface area contributed by atoms with E-state index in [1.54, 1.807) is 4.44 Å². The summed E-state index contributed by atoms with van der Waals surface area (Å²) in [6, 6.07) is 9.53. The van der Waals surface area contributed by atoms with E-state index >= 15 is 0 Å². The summed E-state index contributed by atoms with van der Waals surface area (Å²) in [5.74, 6) is -0.270. The highest BCUT2D eigenvalue weighted by molar-refractivity contribution is 7.31. The first-order valence-corrected chi connectivity index (χ1v) is 7.88. The van der Waals surface area contributed by atoms with E-state index in [2.05, 4.69) is 23.3 Å². The summed E-state index contributed by atoms with van der Waals surface area (Å²) in [7, 11) is 6.88. The maximum Gasteiger partial charge on any atom is 0.326 e. The lowest BCUT2D eigenvalue weighted by molar-refractivity contribution is -0.136. The van der Waals surface area contributed by atoms with Crippen LogP contribution in [-0.4, -0.2) is 16.5 Å². The van der Waals surface area contributed by atoms with Gasteiger partial charge in [0.2, 0.25) is 0 Å². The lowest BCUT2D eigenvalue weighted by atomic mass is 10.1. The number of rotatable bonds is 4. The molecule has 6 heteroatoms. The van der Waals surface area contributed by atoms with Crippen LogP contribution in [0.1, 0.15) is 33.3 Å². The molecule has 0 heterocycles. The van der Waals surface area contributed by atoms with Crippen LogP contribution in [0.25, 0.3) is 0 Å². The summed E-state index contributed by atoms with van der Waals surface area (Å²) in [5.41, 5.74) is 1.10. The zero-order valence-corrected chi connectivity index (χ0v) is 15.6. The summed E-state index contributed by atoms with van der Waals surface area (Å²) in [6.45, 7) is 8.00. The summed E-state index contributed by atoms with van der Waals surface area (Å²) in [5, 5.41) is 0. The van der Waals surface area contributed by atoms with E-state index < -0.39 is 0 Å². The SMILES string of the molecule is CC.CC.O=C(OP)C(Cc1ccccc1)N(P)P. The summed E-state index contributed by atoms with van der Waals surface area (Å²) in [4.78, 5) is 11.4. The van der Waals surface area contributed by atoms with Gasteiger partial charge in [0.15, 0.2) is 0 Å². The van der Waals surface area contributed by atoms with Crippen LogP contribution in [0.2, 0.25) is 0 Å². The fraction of sp³-hybridized carbons (Fsp3) is 0.462. The first kappa shape index (κ1) is 21.2. The van der Waals surface area contributed by atoms with Gasteiger partial charge in [0.1, 0.15) is 6.04 Å². The van der Waals surface area contributed by atoms with Crippen LogP contribution >= 0.6 is 28.2 Å². The zero-order valence-electron chi connectivity index (χ0n) is 12.2. The molecule has 0 saturated carbocycles. The number of carbonyl (C=O) groups is 1. The Balaban J connectivity index is 0. The lowest BCUT2D eigenvalue weighted by Gasteiger charge is -2.20. The molecular weight excluding hydrogens is 295 g/mol. The highest BCUT2D eigenvalue weighted by Gasteiger charge is 2.21. The van der Waals surface area contributed by atoms with Gasteiger partial charge in [-0.3, -0.25) is 9.24 Å². The van der Waals surface area contributed by atoms with Crippen molar-refractivity contribution in [3.63, 3.8) is 0 Å². The molecule has 0 spiro atoms. The maximum absolute atomic E-state index is 11.4. The van der Waals surface area contributed by atoms with Gasteiger partial charge >= 0.3 is 5.97 Å². The minimum Gasteiger partial charge on any atom is -0.450 e. The Morgan fingerprint density at radius 1 is 1.16 bits per heavy atom. The highest BCUT2D eigenvalue weighted by Crippen LogP contribution is 2.19. The van der Waals surface area contributed by atoms with Crippen LogP contribution in [0.4, 0.5) is 0 Å². The Morgan fingerprint density at radius 2 is 1.63 bits per heavy atom. The van der Waals surface area contributed by atoms with Crippen LogP contribution in [0, 0.1) is 0 Å². The van der Waals surface area contributed by atoms with Gasteiger partial charge in [-0.25, -0.2) is 0 Å². The maximum atomic E-state index is 11.4. The first-order chi connectivity index (χ1) is 9.15. The summed E-state index contributed by atoms with van der Waals surface area (Å²) >= 11 is 0. The molecule has 0 saturated heterocycles. The Labute approximate surface area is 124 Å². The van der Waals surface area contributed by atoms with Gasteiger partial charge in [-0.1, -0.05) is 76.8 Å². The highest BCUT2D eigenvalue weighted by atomic mass is 31.1. The van der Waals surface area contributed by atoms with Gasteiger partial charge < -0.3 is 4.52 Å². The van der Waals surface area contributed by atoms with Crippen molar-refractivity contribution in [2.45, 2.75) is 40.2 Å². The average molecular weight is 321 g/mol. The Hall–Kier alpha value is -0.0600. The number of carbonyl (C=O) groups excluding carboxylic acids is 1. The second-order valence-electron chi connectivity index (χ2n) is 3.09. The van der Waals surface area contributed by atoms with E-state index in [0.717, 1.165) is 5.56 Å². The van der Waals surface area contributed by atoms with Gasteiger partial charge in [-0.15, -0.1) is 0 Å². The van der Waals surface area contributed by atoms with Crippen LogP contribution < -0.4 is 0 Å². The minimum atomic E-state index is -0.306. The molecule has 4 unspecified atom stereocenters. The first-order valence-electron chi connectivity index (χ1n) is 6.38. The molecule has 110 valence electrons. The van der Waals surface area contributed by atoms with Crippen molar-refractivity contribution in [2.24, 2.45) is 0 Å². The third kappa shape index (κ3) is 9.47. The number of benzene rings is 1. The summed E-state index contributed by atoms with van der Waals surface area (Å²) < 4.78 is 6.35. The molecule has 3 nitrogen and oxygen atoms in total. The average Bonchev–Trinajstić information content (AvgIpc) is 2.49. The molecule has 0 radical (unpaired) electrons. The molecular formula is C13H26NO2P3. The van der Waals surface area contributed by atoms with Gasteiger partial charge in [0.05, 0.1) is 9.47 Å². The van der Waals surface area contributed by atoms with E-state index in [1.807, 2.05) is 67.5 Å². The Kier molecular flexibility index (Phi) is 16.0. The standard InChI is InChI=1S/C9H14NO2P3.2C2H6/c11-9(12-15)8(10(13)14)6-7-4-2-1-3-5-7;2*1-2/h1-5,8H,6,13-15H2;2*1-2H3. The van der Waals surface area contributed by atoms with Gasteiger partial charge in [-0.2, -0.15) is 0 Å². The van der Waals surface area contributed by atoms with E-state index in [-0.39, 0.29) is 12.0 Å². The molecule has 0 bridgehead atoms. The fourth-order valence-corrected chi connectivity index (χ4v) is 1.84. The van der Waals surface area contributed by atoms with E-state index in [9.17, 15) is 4.79 Å².